The maximum atomic E-state index is 13.4. The number of allylic oxidation sites excluding steroid dienone is 1. The molecule has 0 N–H and O–H groups in total. The zero-order valence-corrected chi connectivity index (χ0v) is 22.8. The standard InChI is InChI=1S/C32H38O3/c1-19-15-21(3)27(22(4)16-19)29(28-23(5)17-20(2)18-24(28)6)30(32(7,8)9)35-31(33)25-11-13-26(34-10)14-12-25/h11-18H,1-10H3. The normalized spacial score (nSPS) is 11.3. The summed E-state index contributed by atoms with van der Waals surface area (Å²) < 4.78 is 11.6. The minimum absolute atomic E-state index is 0.375. The van der Waals surface area contributed by atoms with Crippen LogP contribution < -0.4 is 4.74 Å². The molecular weight excluding hydrogens is 432 g/mol. The third-order valence-corrected chi connectivity index (χ3v) is 6.28. The number of carbonyl (C=O) groups excluding carboxylic acids is 1. The lowest BCUT2D eigenvalue weighted by Gasteiger charge is -2.29. The largest absolute Gasteiger partial charge is 0.497 e. The summed E-state index contributed by atoms with van der Waals surface area (Å²) in [6.07, 6.45) is 0. The predicted octanol–water partition coefficient (Wildman–Crippen LogP) is 8.21. The van der Waals surface area contributed by atoms with Crippen LogP contribution in [0.5, 0.6) is 5.75 Å². The fourth-order valence-corrected chi connectivity index (χ4v) is 4.96. The molecule has 3 rings (SSSR count). The van der Waals surface area contributed by atoms with Gasteiger partial charge in [-0.25, -0.2) is 4.79 Å². The minimum atomic E-state index is -0.426. The van der Waals surface area contributed by atoms with Crippen LogP contribution in [0.3, 0.4) is 0 Å². The maximum Gasteiger partial charge on any atom is 0.343 e. The number of methoxy groups -OCH3 is 1. The number of ether oxygens (including phenoxy) is 2. The van der Waals surface area contributed by atoms with Crippen molar-refractivity contribution in [1.29, 1.82) is 0 Å². The maximum absolute atomic E-state index is 13.4. The summed E-state index contributed by atoms with van der Waals surface area (Å²) in [5.74, 6) is 0.994. The molecule has 0 spiro atoms. The van der Waals surface area contributed by atoms with Crippen molar-refractivity contribution in [3.63, 3.8) is 0 Å². The SMILES string of the molecule is COc1ccc(C(=O)OC(=C(c2c(C)cc(C)cc2C)c2c(C)cc(C)cc2C)C(C)(C)C)cc1. The molecule has 0 bridgehead atoms. The highest BCUT2D eigenvalue weighted by atomic mass is 16.5. The van der Waals surface area contributed by atoms with Gasteiger partial charge in [0.2, 0.25) is 0 Å². The highest BCUT2D eigenvalue weighted by Crippen LogP contribution is 2.42. The molecule has 0 amide bonds. The zero-order valence-electron chi connectivity index (χ0n) is 22.8. The third kappa shape index (κ3) is 5.67. The van der Waals surface area contributed by atoms with Crippen LogP contribution in [0.25, 0.3) is 5.57 Å². The van der Waals surface area contributed by atoms with Crippen LogP contribution >= 0.6 is 0 Å². The highest BCUT2D eigenvalue weighted by Gasteiger charge is 2.31. The smallest absolute Gasteiger partial charge is 0.343 e. The number of carbonyl (C=O) groups is 1. The van der Waals surface area contributed by atoms with E-state index in [2.05, 4.69) is 86.6 Å². The van der Waals surface area contributed by atoms with Gasteiger partial charge in [-0.15, -0.1) is 0 Å². The molecule has 0 atom stereocenters. The van der Waals surface area contributed by atoms with Gasteiger partial charge in [-0.05, 0) is 99.2 Å². The van der Waals surface area contributed by atoms with Gasteiger partial charge < -0.3 is 9.47 Å². The molecule has 3 heteroatoms. The molecule has 3 aromatic rings. The summed E-state index contributed by atoms with van der Waals surface area (Å²) >= 11 is 0. The number of hydrogen-bond donors (Lipinski definition) is 0. The Kier molecular flexibility index (Phi) is 7.59. The van der Waals surface area contributed by atoms with Gasteiger partial charge in [-0.3, -0.25) is 0 Å². The summed E-state index contributed by atoms with van der Waals surface area (Å²) in [6.45, 7) is 19.1. The van der Waals surface area contributed by atoms with Crippen LogP contribution in [0.4, 0.5) is 0 Å². The molecule has 0 aliphatic carbocycles. The van der Waals surface area contributed by atoms with Gasteiger partial charge in [-0.1, -0.05) is 56.2 Å². The molecular formula is C32H38O3. The van der Waals surface area contributed by atoms with Crippen molar-refractivity contribution in [2.75, 3.05) is 7.11 Å². The number of benzene rings is 3. The first kappa shape index (κ1) is 26.3. The number of esters is 1. The van der Waals surface area contributed by atoms with Crippen molar-refractivity contribution in [3.8, 4) is 5.75 Å². The first-order chi connectivity index (χ1) is 16.3. The van der Waals surface area contributed by atoms with Gasteiger partial charge in [0.1, 0.15) is 11.5 Å². The Morgan fingerprint density at radius 2 is 1.09 bits per heavy atom. The second kappa shape index (κ2) is 10.1. The zero-order chi connectivity index (χ0) is 26.1. The van der Waals surface area contributed by atoms with Crippen molar-refractivity contribution in [1.82, 2.24) is 0 Å². The van der Waals surface area contributed by atoms with Gasteiger partial charge in [0.05, 0.1) is 12.7 Å². The Balaban J connectivity index is 2.37. The lowest BCUT2D eigenvalue weighted by atomic mass is 9.79. The lowest BCUT2D eigenvalue weighted by molar-refractivity contribution is 0.0560. The van der Waals surface area contributed by atoms with Crippen molar-refractivity contribution in [2.45, 2.75) is 62.3 Å². The molecule has 3 aromatic carbocycles. The molecule has 0 aliphatic rings. The molecule has 35 heavy (non-hydrogen) atoms. The van der Waals surface area contributed by atoms with E-state index in [4.69, 9.17) is 9.47 Å². The van der Waals surface area contributed by atoms with Gasteiger partial charge in [-0.2, -0.15) is 0 Å². The van der Waals surface area contributed by atoms with E-state index in [-0.39, 0.29) is 5.97 Å². The third-order valence-electron chi connectivity index (χ3n) is 6.28. The Morgan fingerprint density at radius 3 is 1.43 bits per heavy atom. The van der Waals surface area contributed by atoms with E-state index in [1.165, 1.54) is 33.4 Å². The van der Waals surface area contributed by atoms with Crippen molar-refractivity contribution in [3.05, 3.63) is 104 Å². The lowest BCUT2D eigenvalue weighted by Crippen LogP contribution is -2.20. The molecule has 0 unspecified atom stereocenters. The summed E-state index contributed by atoms with van der Waals surface area (Å²) in [7, 11) is 1.61. The van der Waals surface area contributed by atoms with E-state index in [0.29, 0.717) is 17.1 Å². The fraction of sp³-hybridized carbons (Fsp3) is 0.344. The van der Waals surface area contributed by atoms with E-state index in [9.17, 15) is 4.79 Å². The van der Waals surface area contributed by atoms with Gasteiger partial charge in [0.25, 0.3) is 0 Å². The predicted molar refractivity (Wildman–Crippen MR) is 145 cm³/mol. The van der Waals surface area contributed by atoms with E-state index in [1.807, 2.05) is 0 Å². The molecule has 0 heterocycles. The molecule has 0 saturated heterocycles. The van der Waals surface area contributed by atoms with Gasteiger partial charge in [0.15, 0.2) is 0 Å². The number of aryl methyl sites for hydroxylation is 6. The Labute approximate surface area is 210 Å². The fourth-order valence-electron chi connectivity index (χ4n) is 4.96. The van der Waals surface area contributed by atoms with Gasteiger partial charge >= 0.3 is 5.97 Å². The second-order valence-corrected chi connectivity index (χ2v) is 10.6. The molecule has 0 saturated carbocycles. The van der Waals surface area contributed by atoms with E-state index in [1.54, 1.807) is 31.4 Å². The Hall–Kier alpha value is -3.33. The van der Waals surface area contributed by atoms with Crippen LogP contribution in [0.15, 0.2) is 54.3 Å². The summed E-state index contributed by atoms with van der Waals surface area (Å²) in [5.41, 5.74) is 10.4. The first-order valence-corrected chi connectivity index (χ1v) is 12.1. The number of rotatable bonds is 5. The van der Waals surface area contributed by atoms with Crippen LogP contribution in [-0.2, 0) is 4.74 Å². The van der Waals surface area contributed by atoms with E-state index >= 15 is 0 Å². The first-order valence-electron chi connectivity index (χ1n) is 12.1. The Bertz CT molecular complexity index is 1180. The monoisotopic (exact) mass is 470 g/mol. The minimum Gasteiger partial charge on any atom is -0.497 e. The van der Waals surface area contributed by atoms with Crippen molar-refractivity contribution < 1.29 is 14.3 Å². The average molecular weight is 471 g/mol. The molecule has 3 nitrogen and oxygen atoms in total. The summed E-state index contributed by atoms with van der Waals surface area (Å²) in [5, 5.41) is 0. The van der Waals surface area contributed by atoms with Crippen molar-refractivity contribution in [2.24, 2.45) is 5.41 Å². The van der Waals surface area contributed by atoms with Crippen molar-refractivity contribution >= 4 is 11.5 Å². The summed E-state index contributed by atoms with van der Waals surface area (Å²) in [6, 6.07) is 15.8. The second-order valence-electron chi connectivity index (χ2n) is 10.6. The van der Waals surface area contributed by atoms with Crippen LogP contribution in [0.1, 0.15) is 75.6 Å². The topological polar surface area (TPSA) is 35.5 Å². The van der Waals surface area contributed by atoms with E-state index < -0.39 is 5.41 Å². The molecule has 0 radical (unpaired) electrons. The average Bonchev–Trinajstić information content (AvgIpc) is 2.74. The van der Waals surface area contributed by atoms with Gasteiger partial charge in [0, 0.05) is 11.0 Å². The molecule has 184 valence electrons. The highest BCUT2D eigenvalue weighted by molar-refractivity contribution is 5.93. The molecule has 0 aliphatic heterocycles. The number of hydrogen-bond acceptors (Lipinski definition) is 3. The molecule has 0 aromatic heterocycles. The van der Waals surface area contributed by atoms with Crippen LogP contribution in [0.2, 0.25) is 0 Å². The molecule has 0 fully saturated rings. The Morgan fingerprint density at radius 1 is 0.686 bits per heavy atom. The van der Waals surface area contributed by atoms with Crippen LogP contribution in [-0.4, -0.2) is 13.1 Å². The quantitative estimate of drug-likeness (QED) is 0.278. The van der Waals surface area contributed by atoms with E-state index in [0.717, 1.165) is 16.7 Å². The summed E-state index contributed by atoms with van der Waals surface area (Å²) in [4.78, 5) is 13.4. The van der Waals surface area contributed by atoms with Crippen LogP contribution in [0, 0.1) is 47.0 Å².